The fourth-order valence-corrected chi connectivity index (χ4v) is 3.86. The molecule has 1 amide bonds. The van der Waals surface area contributed by atoms with Gasteiger partial charge in [0.15, 0.2) is 11.5 Å². The van der Waals surface area contributed by atoms with Crippen LogP contribution in [0.4, 0.5) is 13.6 Å². The number of piperidine rings is 1. The quantitative estimate of drug-likeness (QED) is 0.624. The van der Waals surface area contributed by atoms with Crippen LogP contribution in [0.2, 0.25) is 0 Å². The number of ether oxygens (including phenoxy) is 3. The standard InChI is InChI=1S/C23H27F2N3O4/c1-14(2)18-13-17(15-6-7-19-20(12-15)31-23(24,25)30-19)26-28(18)16-8-10-27(11-9-16)21(29)32-22(3,4)5/h6-7,12-13,16H,1,8-11H2,2-5H3. The van der Waals surface area contributed by atoms with E-state index < -0.39 is 11.9 Å². The molecular formula is C23H27F2N3O4. The molecule has 7 nitrogen and oxygen atoms in total. The van der Waals surface area contributed by atoms with Crippen molar-refractivity contribution in [2.24, 2.45) is 0 Å². The SMILES string of the molecule is C=C(C)c1cc(-c2ccc3c(c2)OC(F)(F)O3)nn1C1CCN(C(=O)OC(C)(C)C)CC1. The van der Waals surface area contributed by atoms with E-state index in [9.17, 15) is 13.6 Å². The van der Waals surface area contributed by atoms with E-state index in [1.165, 1.54) is 12.1 Å². The Morgan fingerprint density at radius 1 is 1.19 bits per heavy atom. The van der Waals surface area contributed by atoms with Gasteiger partial charge in [-0.25, -0.2) is 4.79 Å². The average Bonchev–Trinajstić information content (AvgIpc) is 3.26. The van der Waals surface area contributed by atoms with Gasteiger partial charge in [-0.05, 0) is 70.4 Å². The Bertz CT molecular complexity index is 1050. The van der Waals surface area contributed by atoms with E-state index >= 15 is 0 Å². The first kappa shape index (κ1) is 22.1. The summed E-state index contributed by atoms with van der Waals surface area (Å²) in [4.78, 5) is 14.1. The van der Waals surface area contributed by atoms with Gasteiger partial charge in [-0.15, -0.1) is 8.78 Å². The molecular weight excluding hydrogens is 420 g/mol. The lowest BCUT2D eigenvalue weighted by molar-refractivity contribution is -0.286. The molecule has 0 saturated carbocycles. The highest BCUT2D eigenvalue weighted by Gasteiger charge is 2.43. The van der Waals surface area contributed by atoms with Crippen molar-refractivity contribution < 1.29 is 27.8 Å². The van der Waals surface area contributed by atoms with Crippen LogP contribution in [0.1, 0.15) is 52.3 Å². The van der Waals surface area contributed by atoms with E-state index in [-0.39, 0.29) is 23.6 Å². The number of fused-ring (bicyclic) bond motifs is 1. The zero-order chi connectivity index (χ0) is 23.3. The summed E-state index contributed by atoms with van der Waals surface area (Å²) in [5, 5.41) is 4.75. The number of rotatable bonds is 3. The Hall–Kier alpha value is -3.10. The molecule has 0 radical (unpaired) electrons. The van der Waals surface area contributed by atoms with E-state index in [0.29, 0.717) is 37.2 Å². The predicted molar refractivity (Wildman–Crippen MR) is 115 cm³/mol. The maximum Gasteiger partial charge on any atom is 0.586 e. The Labute approximate surface area is 185 Å². The second kappa shape index (κ2) is 7.79. The average molecular weight is 447 g/mol. The summed E-state index contributed by atoms with van der Waals surface area (Å²) in [5.74, 6) is -0.0302. The van der Waals surface area contributed by atoms with Crippen molar-refractivity contribution in [1.82, 2.24) is 14.7 Å². The normalized spacial score (nSPS) is 18.0. The van der Waals surface area contributed by atoms with Gasteiger partial charge in [0.2, 0.25) is 0 Å². The molecule has 1 fully saturated rings. The molecule has 1 aromatic carbocycles. The number of nitrogens with zero attached hydrogens (tertiary/aromatic N) is 3. The summed E-state index contributed by atoms with van der Waals surface area (Å²) in [7, 11) is 0. The van der Waals surface area contributed by atoms with Crippen molar-refractivity contribution in [3.63, 3.8) is 0 Å². The molecule has 2 aliphatic rings. The molecule has 0 unspecified atom stereocenters. The number of allylic oxidation sites excluding steroid dienone is 1. The molecule has 9 heteroatoms. The van der Waals surface area contributed by atoms with Crippen LogP contribution in [-0.2, 0) is 4.74 Å². The minimum atomic E-state index is -3.66. The smallest absolute Gasteiger partial charge is 0.444 e. The van der Waals surface area contributed by atoms with Gasteiger partial charge in [0.05, 0.1) is 17.4 Å². The minimum Gasteiger partial charge on any atom is -0.444 e. The van der Waals surface area contributed by atoms with Crippen molar-refractivity contribution in [3.8, 4) is 22.8 Å². The third kappa shape index (κ3) is 4.56. The minimum absolute atomic E-state index is 0.00665. The number of hydrogen-bond acceptors (Lipinski definition) is 5. The second-order valence-electron chi connectivity index (χ2n) is 9.17. The Morgan fingerprint density at radius 3 is 2.47 bits per heavy atom. The lowest BCUT2D eigenvalue weighted by Crippen LogP contribution is -2.42. The van der Waals surface area contributed by atoms with Crippen molar-refractivity contribution in [1.29, 1.82) is 0 Å². The van der Waals surface area contributed by atoms with Crippen molar-refractivity contribution in [2.45, 2.75) is 58.5 Å². The van der Waals surface area contributed by atoms with Gasteiger partial charge >= 0.3 is 12.4 Å². The van der Waals surface area contributed by atoms with Crippen molar-refractivity contribution in [2.75, 3.05) is 13.1 Å². The highest BCUT2D eigenvalue weighted by atomic mass is 19.3. The number of carbonyl (C=O) groups is 1. The van der Waals surface area contributed by atoms with Crippen LogP contribution in [0.15, 0.2) is 30.8 Å². The zero-order valence-electron chi connectivity index (χ0n) is 18.7. The largest absolute Gasteiger partial charge is 0.586 e. The number of halogens is 2. The monoisotopic (exact) mass is 447 g/mol. The van der Waals surface area contributed by atoms with Crippen LogP contribution in [0, 0.1) is 0 Å². The topological polar surface area (TPSA) is 65.8 Å². The summed E-state index contributed by atoms with van der Waals surface area (Å²) >= 11 is 0. The maximum absolute atomic E-state index is 13.4. The number of hydrogen-bond donors (Lipinski definition) is 0. The van der Waals surface area contributed by atoms with Crippen LogP contribution < -0.4 is 9.47 Å². The van der Waals surface area contributed by atoms with E-state index in [4.69, 9.17) is 9.84 Å². The predicted octanol–water partition coefficient (Wildman–Crippen LogP) is 5.48. The molecule has 0 atom stereocenters. The third-order valence-electron chi connectivity index (χ3n) is 5.33. The van der Waals surface area contributed by atoms with Crippen LogP contribution >= 0.6 is 0 Å². The molecule has 2 aliphatic heterocycles. The molecule has 0 N–H and O–H groups in total. The van der Waals surface area contributed by atoms with Crippen LogP contribution in [-0.4, -0.2) is 45.8 Å². The molecule has 0 spiro atoms. The maximum atomic E-state index is 13.4. The molecule has 2 aromatic rings. The van der Waals surface area contributed by atoms with Gasteiger partial charge in [0.1, 0.15) is 5.60 Å². The Balaban J connectivity index is 1.53. The van der Waals surface area contributed by atoms with Crippen LogP contribution in [0.3, 0.4) is 0 Å². The molecule has 1 aromatic heterocycles. The number of amides is 1. The van der Waals surface area contributed by atoms with Gasteiger partial charge in [-0.3, -0.25) is 4.68 Å². The summed E-state index contributed by atoms with van der Waals surface area (Å²) in [6, 6.07) is 6.58. The zero-order valence-corrected chi connectivity index (χ0v) is 18.7. The lowest BCUT2D eigenvalue weighted by atomic mass is 10.0. The molecule has 0 bridgehead atoms. The Morgan fingerprint density at radius 2 is 1.84 bits per heavy atom. The van der Waals surface area contributed by atoms with Gasteiger partial charge in [0.25, 0.3) is 0 Å². The van der Waals surface area contributed by atoms with E-state index in [1.807, 2.05) is 38.4 Å². The van der Waals surface area contributed by atoms with Crippen molar-refractivity contribution in [3.05, 3.63) is 36.5 Å². The van der Waals surface area contributed by atoms with Crippen molar-refractivity contribution >= 4 is 11.7 Å². The fraction of sp³-hybridized carbons (Fsp3) is 0.478. The number of benzene rings is 1. The molecule has 3 heterocycles. The number of aromatic nitrogens is 2. The number of carbonyl (C=O) groups excluding carboxylic acids is 1. The molecule has 0 aliphatic carbocycles. The van der Waals surface area contributed by atoms with E-state index in [0.717, 1.165) is 11.3 Å². The van der Waals surface area contributed by atoms with E-state index in [1.54, 1.807) is 11.0 Å². The van der Waals surface area contributed by atoms with Gasteiger partial charge in [-0.1, -0.05) is 6.58 Å². The van der Waals surface area contributed by atoms with E-state index in [2.05, 4.69) is 16.1 Å². The second-order valence-corrected chi connectivity index (χ2v) is 9.17. The first-order valence-electron chi connectivity index (χ1n) is 10.6. The lowest BCUT2D eigenvalue weighted by Gasteiger charge is -2.34. The van der Waals surface area contributed by atoms with Crippen LogP contribution in [0.25, 0.3) is 16.8 Å². The number of likely N-dealkylation sites (tertiary alicyclic amines) is 1. The molecule has 1 saturated heterocycles. The van der Waals surface area contributed by atoms with Gasteiger partial charge in [-0.2, -0.15) is 5.10 Å². The van der Waals surface area contributed by atoms with Crippen LogP contribution in [0.5, 0.6) is 11.5 Å². The number of alkyl halides is 2. The summed E-state index contributed by atoms with van der Waals surface area (Å²) in [6.45, 7) is 12.6. The first-order valence-corrected chi connectivity index (χ1v) is 10.6. The summed E-state index contributed by atoms with van der Waals surface area (Å²) in [5.41, 5.74) is 2.42. The van der Waals surface area contributed by atoms with Gasteiger partial charge < -0.3 is 19.1 Å². The first-order chi connectivity index (χ1) is 14.9. The highest BCUT2D eigenvalue weighted by molar-refractivity contribution is 5.70. The molecule has 4 rings (SSSR count). The summed E-state index contributed by atoms with van der Waals surface area (Å²) < 4.78 is 43.1. The Kier molecular flexibility index (Phi) is 5.38. The molecule has 32 heavy (non-hydrogen) atoms. The third-order valence-corrected chi connectivity index (χ3v) is 5.33. The summed E-state index contributed by atoms with van der Waals surface area (Å²) in [6.07, 6.45) is -2.54. The molecule has 172 valence electrons. The fourth-order valence-electron chi connectivity index (χ4n) is 3.86. The highest BCUT2D eigenvalue weighted by Crippen LogP contribution is 2.43. The van der Waals surface area contributed by atoms with Gasteiger partial charge in [0, 0.05) is 18.7 Å².